The van der Waals surface area contributed by atoms with E-state index < -0.39 is 0 Å². The molecule has 0 amide bonds. The summed E-state index contributed by atoms with van der Waals surface area (Å²) in [6.07, 6.45) is 5.95. The van der Waals surface area contributed by atoms with Crippen molar-refractivity contribution in [2.45, 2.75) is 6.04 Å². The molecule has 254 valence electrons. The van der Waals surface area contributed by atoms with E-state index in [9.17, 15) is 0 Å². The molecule has 0 spiro atoms. The van der Waals surface area contributed by atoms with Gasteiger partial charge < -0.3 is 5.32 Å². The molecule has 1 aliphatic rings. The Morgan fingerprint density at radius 2 is 1.02 bits per heavy atom. The lowest BCUT2D eigenvalue weighted by atomic mass is 9.92. The van der Waals surface area contributed by atoms with Crippen molar-refractivity contribution in [1.82, 2.24) is 10.3 Å². The van der Waals surface area contributed by atoms with E-state index in [1.807, 2.05) is 12.3 Å². The largest absolute Gasteiger partial charge is 0.340 e. The Hall–Kier alpha value is -7.10. The van der Waals surface area contributed by atoms with Gasteiger partial charge in [-0.2, -0.15) is 0 Å². The molecule has 1 aromatic heterocycles. The molecule has 2 heterocycles. The molecular formula is C51H35N3. The maximum absolute atomic E-state index is 5.32. The third-order valence-electron chi connectivity index (χ3n) is 10.6. The van der Waals surface area contributed by atoms with Gasteiger partial charge in [0.25, 0.3) is 0 Å². The molecule has 3 nitrogen and oxygen atoms in total. The predicted octanol–water partition coefficient (Wildman–Crippen LogP) is 12.7. The van der Waals surface area contributed by atoms with Crippen molar-refractivity contribution in [3.63, 3.8) is 0 Å². The average Bonchev–Trinajstić information content (AvgIpc) is 3.26. The number of pyridine rings is 1. The van der Waals surface area contributed by atoms with Crippen molar-refractivity contribution in [2.75, 3.05) is 0 Å². The quantitative estimate of drug-likeness (QED) is 0.176. The van der Waals surface area contributed by atoms with E-state index in [2.05, 4.69) is 192 Å². The molecule has 0 aliphatic carbocycles. The summed E-state index contributed by atoms with van der Waals surface area (Å²) in [5.74, 6) is 0.850. The molecule has 0 bridgehead atoms. The smallest absolute Gasteiger partial charge is 0.133 e. The zero-order valence-electron chi connectivity index (χ0n) is 29.5. The summed E-state index contributed by atoms with van der Waals surface area (Å²) in [4.78, 5) is 9.63. The minimum Gasteiger partial charge on any atom is -0.340 e. The molecule has 9 aromatic rings. The van der Waals surface area contributed by atoms with Crippen LogP contribution in [0.2, 0.25) is 0 Å². The second-order valence-corrected chi connectivity index (χ2v) is 13.9. The molecule has 0 saturated heterocycles. The third kappa shape index (κ3) is 5.92. The number of nitrogens with zero attached hydrogens (tertiary/aromatic N) is 2. The Balaban J connectivity index is 1.02. The normalized spacial score (nSPS) is 14.1. The molecule has 1 atom stereocenters. The summed E-state index contributed by atoms with van der Waals surface area (Å²) in [5.41, 5.74) is 11.4. The van der Waals surface area contributed by atoms with Crippen LogP contribution >= 0.6 is 0 Å². The molecule has 1 unspecified atom stereocenters. The first-order chi connectivity index (χ1) is 26.7. The van der Waals surface area contributed by atoms with Gasteiger partial charge in [-0.3, -0.25) is 9.98 Å². The lowest BCUT2D eigenvalue weighted by Crippen LogP contribution is -2.27. The van der Waals surface area contributed by atoms with Crippen LogP contribution < -0.4 is 5.32 Å². The molecule has 0 saturated carbocycles. The van der Waals surface area contributed by atoms with Crippen molar-refractivity contribution in [1.29, 1.82) is 0 Å². The number of amidine groups is 1. The van der Waals surface area contributed by atoms with Crippen LogP contribution in [0.25, 0.3) is 71.4 Å². The Bertz CT molecular complexity index is 2870. The van der Waals surface area contributed by atoms with E-state index in [1.165, 1.54) is 54.6 Å². The highest BCUT2D eigenvalue weighted by molar-refractivity contribution is 6.13. The highest BCUT2D eigenvalue weighted by Gasteiger charge is 2.20. The molecule has 54 heavy (non-hydrogen) atoms. The van der Waals surface area contributed by atoms with E-state index in [-0.39, 0.29) is 6.04 Å². The molecule has 1 aliphatic heterocycles. The van der Waals surface area contributed by atoms with Crippen LogP contribution in [0, 0.1) is 0 Å². The highest BCUT2D eigenvalue weighted by atomic mass is 15.0. The molecule has 8 aromatic carbocycles. The minimum atomic E-state index is -0.170. The number of hydrogen-bond acceptors (Lipinski definition) is 3. The van der Waals surface area contributed by atoms with Crippen LogP contribution in [0.4, 0.5) is 0 Å². The summed E-state index contributed by atoms with van der Waals surface area (Å²) >= 11 is 0. The molecular weight excluding hydrogens is 655 g/mol. The number of benzene rings is 8. The SMILES string of the molecule is C1=C(c2ccc(-c3cccnc3)cc2)NC(c2ccc(-c3ccc4ccccc4c3)cc2)=NC1c1ccc(-c2cc3ccccc3c3ccccc23)cc1. The zero-order valence-corrected chi connectivity index (χ0v) is 29.5. The predicted molar refractivity (Wildman–Crippen MR) is 226 cm³/mol. The first-order valence-corrected chi connectivity index (χ1v) is 18.4. The van der Waals surface area contributed by atoms with Gasteiger partial charge in [0.1, 0.15) is 5.84 Å². The van der Waals surface area contributed by atoms with Crippen LogP contribution in [0.5, 0.6) is 0 Å². The van der Waals surface area contributed by atoms with Gasteiger partial charge in [0.2, 0.25) is 0 Å². The third-order valence-corrected chi connectivity index (χ3v) is 10.6. The van der Waals surface area contributed by atoms with E-state index in [1.54, 1.807) is 6.20 Å². The van der Waals surface area contributed by atoms with Crippen LogP contribution in [0.3, 0.4) is 0 Å². The summed E-state index contributed by atoms with van der Waals surface area (Å²) in [7, 11) is 0. The maximum Gasteiger partial charge on any atom is 0.133 e. The van der Waals surface area contributed by atoms with Crippen molar-refractivity contribution in [3.8, 4) is 33.4 Å². The van der Waals surface area contributed by atoms with Crippen LogP contribution in [-0.2, 0) is 0 Å². The molecule has 3 heteroatoms. The summed E-state index contributed by atoms with van der Waals surface area (Å²) in [6, 6.07) is 65.1. The summed E-state index contributed by atoms with van der Waals surface area (Å²) < 4.78 is 0. The number of aliphatic imine (C=N–C) groups is 1. The van der Waals surface area contributed by atoms with Crippen LogP contribution in [0.15, 0.2) is 205 Å². The van der Waals surface area contributed by atoms with Gasteiger partial charge in [0.15, 0.2) is 0 Å². The fourth-order valence-electron chi connectivity index (χ4n) is 7.74. The van der Waals surface area contributed by atoms with E-state index in [0.717, 1.165) is 39.3 Å². The number of nitrogens with one attached hydrogen (secondary N) is 1. The Kier molecular flexibility index (Phi) is 7.88. The monoisotopic (exact) mass is 689 g/mol. The molecule has 0 radical (unpaired) electrons. The van der Waals surface area contributed by atoms with Gasteiger partial charge in [0.05, 0.1) is 6.04 Å². The molecule has 10 rings (SSSR count). The molecule has 0 fully saturated rings. The van der Waals surface area contributed by atoms with Gasteiger partial charge in [-0.1, -0.05) is 164 Å². The first kappa shape index (κ1) is 31.6. The van der Waals surface area contributed by atoms with E-state index in [0.29, 0.717) is 0 Å². The number of rotatable bonds is 6. The Morgan fingerprint density at radius 1 is 0.407 bits per heavy atom. The van der Waals surface area contributed by atoms with Crippen molar-refractivity contribution >= 4 is 43.9 Å². The van der Waals surface area contributed by atoms with Crippen LogP contribution in [0.1, 0.15) is 22.7 Å². The van der Waals surface area contributed by atoms with E-state index >= 15 is 0 Å². The lowest BCUT2D eigenvalue weighted by Gasteiger charge is -2.24. The van der Waals surface area contributed by atoms with Gasteiger partial charge in [-0.05, 0) is 101 Å². The van der Waals surface area contributed by atoms with Gasteiger partial charge in [-0.25, -0.2) is 0 Å². The van der Waals surface area contributed by atoms with Gasteiger partial charge in [0, 0.05) is 23.7 Å². The summed E-state index contributed by atoms with van der Waals surface area (Å²) in [6.45, 7) is 0. The first-order valence-electron chi connectivity index (χ1n) is 18.4. The van der Waals surface area contributed by atoms with Crippen molar-refractivity contribution in [2.24, 2.45) is 4.99 Å². The van der Waals surface area contributed by atoms with Crippen molar-refractivity contribution in [3.05, 3.63) is 217 Å². The topological polar surface area (TPSA) is 37.3 Å². The number of aromatic nitrogens is 1. The zero-order chi connectivity index (χ0) is 35.8. The maximum atomic E-state index is 5.32. The van der Waals surface area contributed by atoms with E-state index in [4.69, 9.17) is 4.99 Å². The fraction of sp³-hybridized carbons (Fsp3) is 0.0196. The summed E-state index contributed by atoms with van der Waals surface area (Å²) in [5, 5.41) is 11.2. The fourth-order valence-corrected chi connectivity index (χ4v) is 7.74. The van der Waals surface area contributed by atoms with Crippen molar-refractivity contribution < 1.29 is 0 Å². The number of fused-ring (bicyclic) bond motifs is 4. The highest BCUT2D eigenvalue weighted by Crippen LogP contribution is 2.37. The molecule has 1 N–H and O–H groups in total. The Labute approximate surface area is 314 Å². The minimum absolute atomic E-state index is 0.170. The standard InChI is InChI=1S/C51H35N3/c1-2-9-41-30-42(28-19-34(41)8-1)35-17-26-40(27-18-35)51-53-49(38-22-15-36(16-23-38)44-11-7-29-52-33-44)32-50(54-51)39-24-20-37(21-25-39)48-31-43-10-3-4-12-45(43)46-13-5-6-14-47(46)48/h1-33,50H,(H,53,54). The average molecular weight is 690 g/mol. The lowest BCUT2D eigenvalue weighted by molar-refractivity contribution is 0.880. The van der Waals surface area contributed by atoms with Gasteiger partial charge in [-0.15, -0.1) is 0 Å². The van der Waals surface area contributed by atoms with Crippen LogP contribution in [-0.4, -0.2) is 10.8 Å². The second-order valence-electron chi connectivity index (χ2n) is 13.9. The Morgan fingerprint density at radius 3 is 1.78 bits per heavy atom. The number of hydrogen-bond donors (Lipinski definition) is 1. The van der Waals surface area contributed by atoms with Gasteiger partial charge >= 0.3 is 0 Å². The second kappa shape index (κ2) is 13.5.